The van der Waals surface area contributed by atoms with Crippen molar-refractivity contribution in [2.45, 2.75) is 20.3 Å². The summed E-state index contributed by atoms with van der Waals surface area (Å²) in [6.07, 6.45) is 2.75. The second-order valence-corrected chi connectivity index (χ2v) is 5.50. The van der Waals surface area contributed by atoms with Crippen LogP contribution in [0.4, 0.5) is 0 Å². The molecule has 0 aliphatic carbocycles. The molecule has 0 spiro atoms. The van der Waals surface area contributed by atoms with Gasteiger partial charge in [-0.25, -0.2) is 4.98 Å². The van der Waals surface area contributed by atoms with Crippen LogP contribution in [0, 0.1) is 13.8 Å². The first-order valence-corrected chi connectivity index (χ1v) is 7.42. The van der Waals surface area contributed by atoms with Crippen molar-refractivity contribution in [1.82, 2.24) is 14.7 Å². The second kappa shape index (κ2) is 6.02. The maximum atomic E-state index is 12.1. The number of amides is 1. The van der Waals surface area contributed by atoms with Gasteiger partial charge in [-0.3, -0.25) is 4.79 Å². The minimum atomic E-state index is -0.0383. The Kier molecular flexibility index (Phi) is 3.92. The van der Waals surface area contributed by atoms with Crippen molar-refractivity contribution in [2.75, 3.05) is 6.54 Å². The van der Waals surface area contributed by atoms with Gasteiger partial charge in [0.25, 0.3) is 5.91 Å². The molecular weight excluding hydrogens is 274 g/mol. The predicted molar refractivity (Wildman–Crippen MR) is 87.1 cm³/mol. The molecule has 112 valence electrons. The summed E-state index contributed by atoms with van der Waals surface area (Å²) < 4.78 is 2.07. The lowest BCUT2D eigenvalue weighted by atomic mass is 10.1. The first-order valence-electron chi connectivity index (χ1n) is 7.42. The first kappa shape index (κ1) is 14.3. The minimum absolute atomic E-state index is 0.0383. The Balaban J connectivity index is 1.62. The molecule has 0 radical (unpaired) electrons. The van der Waals surface area contributed by atoms with Crippen LogP contribution in [0.25, 0.3) is 5.65 Å². The van der Waals surface area contributed by atoms with Crippen LogP contribution in [0.2, 0.25) is 0 Å². The number of benzene rings is 1. The molecular formula is C18H19N3O. The van der Waals surface area contributed by atoms with E-state index in [0.29, 0.717) is 12.1 Å². The van der Waals surface area contributed by atoms with Crippen LogP contribution in [0.1, 0.15) is 27.3 Å². The molecule has 0 bridgehead atoms. The first-order chi connectivity index (χ1) is 10.6. The van der Waals surface area contributed by atoms with Crippen molar-refractivity contribution in [3.8, 4) is 0 Å². The monoisotopic (exact) mass is 293 g/mol. The second-order valence-electron chi connectivity index (χ2n) is 5.50. The minimum Gasteiger partial charge on any atom is -0.352 e. The number of carbonyl (C=O) groups is 1. The van der Waals surface area contributed by atoms with Crippen molar-refractivity contribution < 1.29 is 4.79 Å². The summed E-state index contributed by atoms with van der Waals surface area (Å²) in [7, 11) is 0. The van der Waals surface area contributed by atoms with Gasteiger partial charge in [0.1, 0.15) is 5.65 Å². The number of carbonyl (C=O) groups excluding carboxylic acids is 1. The number of hydrogen-bond donors (Lipinski definition) is 1. The van der Waals surface area contributed by atoms with Gasteiger partial charge in [0.05, 0.1) is 5.69 Å². The molecule has 4 nitrogen and oxygen atoms in total. The van der Waals surface area contributed by atoms with Crippen molar-refractivity contribution >= 4 is 11.6 Å². The fourth-order valence-electron chi connectivity index (χ4n) is 2.51. The lowest BCUT2D eigenvalue weighted by Gasteiger charge is -2.04. The van der Waals surface area contributed by atoms with E-state index in [2.05, 4.69) is 27.7 Å². The van der Waals surface area contributed by atoms with Crippen LogP contribution >= 0.6 is 0 Å². The molecule has 3 aromatic rings. The highest BCUT2D eigenvalue weighted by atomic mass is 16.1. The zero-order chi connectivity index (χ0) is 15.5. The Morgan fingerprint density at radius 2 is 2.00 bits per heavy atom. The van der Waals surface area contributed by atoms with Crippen molar-refractivity contribution in [1.29, 1.82) is 0 Å². The summed E-state index contributed by atoms with van der Waals surface area (Å²) in [5, 5.41) is 2.95. The molecule has 1 aromatic carbocycles. The highest BCUT2D eigenvalue weighted by Gasteiger charge is 2.06. The Morgan fingerprint density at radius 1 is 1.18 bits per heavy atom. The summed E-state index contributed by atoms with van der Waals surface area (Å²) in [5.41, 5.74) is 4.87. The molecule has 2 heterocycles. The van der Waals surface area contributed by atoms with Crippen LogP contribution < -0.4 is 5.32 Å². The van der Waals surface area contributed by atoms with E-state index >= 15 is 0 Å². The molecule has 1 N–H and O–H groups in total. The normalized spacial score (nSPS) is 10.8. The van der Waals surface area contributed by atoms with Gasteiger partial charge in [-0.15, -0.1) is 0 Å². The molecule has 4 heteroatoms. The molecule has 2 aromatic heterocycles. The zero-order valence-corrected chi connectivity index (χ0v) is 12.8. The van der Waals surface area contributed by atoms with E-state index in [4.69, 9.17) is 0 Å². The van der Waals surface area contributed by atoms with E-state index in [1.807, 2.05) is 49.5 Å². The van der Waals surface area contributed by atoms with Gasteiger partial charge >= 0.3 is 0 Å². The lowest BCUT2D eigenvalue weighted by Crippen LogP contribution is -2.25. The van der Waals surface area contributed by atoms with E-state index in [9.17, 15) is 4.79 Å². The number of aromatic nitrogens is 2. The topological polar surface area (TPSA) is 46.4 Å². The van der Waals surface area contributed by atoms with E-state index in [1.54, 1.807) is 0 Å². The van der Waals surface area contributed by atoms with Gasteiger partial charge in [-0.2, -0.15) is 0 Å². The van der Waals surface area contributed by atoms with Crippen LogP contribution in [0.5, 0.6) is 0 Å². The Morgan fingerprint density at radius 3 is 2.77 bits per heavy atom. The van der Waals surface area contributed by atoms with Crippen LogP contribution in [-0.4, -0.2) is 21.8 Å². The number of rotatable bonds is 4. The average molecular weight is 293 g/mol. The van der Waals surface area contributed by atoms with Crippen LogP contribution in [0.15, 0.2) is 48.7 Å². The molecule has 1 amide bonds. The van der Waals surface area contributed by atoms with E-state index in [1.165, 1.54) is 0 Å². The largest absolute Gasteiger partial charge is 0.352 e. The van der Waals surface area contributed by atoms with Gasteiger partial charge in [0.2, 0.25) is 0 Å². The van der Waals surface area contributed by atoms with Gasteiger partial charge in [-0.05, 0) is 38.1 Å². The molecule has 0 atom stereocenters. The Bertz CT molecular complexity index is 820. The summed E-state index contributed by atoms with van der Waals surface area (Å²) in [5.74, 6) is -0.0383. The van der Waals surface area contributed by atoms with Gasteiger partial charge in [0.15, 0.2) is 0 Å². The summed E-state index contributed by atoms with van der Waals surface area (Å²) in [6, 6.07) is 13.6. The molecule has 3 rings (SSSR count). The standard InChI is InChI=1S/C18H19N3O/c1-13-5-3-7-15(11-13)18(22)19-10-9-16-12-21-14(2)6-4-8-17(21)20-16/h3-8,11-12H,9-10H2,1-2H3,(H,19,22). The maximum Gasteiger partial charge on any atom is 0.251 e. The highest BCUT2D eigenvalue weighted by Crippen LogP contribution is 2.09. The maximum absolute atomic E-state index is 12.1. The average Bonchev–Trinajstić information content (AvgIpc) is 2.91. The molecule has 22 heavy (non-hydrogen) atoms. The third kappa shape index (κ3) is 3.01. The lowest BCUT2D eigenvalue weighted by molar-refractivity contribution is 0.0954. The third-order valence-electron chi connectivity index (χ3n) is 3.69. The number of fused-ring (bicyclic) bond motifs is 1. The third-order valence-corrected chi connectivity index (χ3v) is 3.69. The highest BCUT2D eigenvalue weighted by molar-refractivity contribution is 5.94. The van der Waals surface area contributed by atoms with Crippen LogP contribution in [-0.2, 0) is 6.42 Å². The van der Waals surface area contributed by atoms with Crippen molar-refractivity contribution in [3.05, 3.63) is 71.2 Å². The number of nitrogens with one attached hydrogen (secondary N) is 1. The molecule has 0 saturated heterocycles. The molecule has 0 aliphatic rings. The van der Waals surface area contributed by atoms with Gasteiger partial charge in [-0.1, -0.05) is 23.8 Å². The van der Waals surface area contributed by atoms with E-state index in [0.717, 1.165) is 29.0 Å². The van der Waals surface area contributed by atoms with Crippen LogP contribution in [0.3, 0.4) is 0 Å². The summed E-state index contributed by atoms with van der Waals surface area (Å²) >= 11 is 0. The smallest absolute Gasteiger partial charge is 0.251 e. The number of nitrogens with zero attached hydrogens (tertiary/aromatic N) is 2. The van der Waals surface area contributed by atoms with E-state index < -0.39 is 0 Å². The molecule has 0 aliphatic heterocycles. The quantitative estimate of drug-likeness (QED) is 0.804. The van der Waals surface area contributed by atoms with Crippen molar-refractivity contribution in [3.63, 3.8) is 0 Å². The van der Waals surface area contributed by atoms with E-state index in [-0.39, 0.29) is 5.91 Å². The zero-order valence-electron chi connectivity index (χ0n) is 12.8. The van der Waals surface area contributed by atoms with Crippen molar-refractivity contribution in [2.24, 2.45) is 0 Å². The Labute approximate surface area is 129 Å². The fraction of sp³-hybridized carbons (Fsp3) is 0.222. The van der Waals surface area contributed by atoms with Gasteiger partial charge in [0, 0.05) is 30.4 Å². The SMILES string of the molecule is Cc1cccc(C(=O)NCCc2cn3c(C)cccc3n2)c1. The van der Waals surface area contributed by atoms with Gasteiger partial charge < -0.3 is 9.72 Å². The number of pyridine rings is 1. The Hall–Kier alpha value is -2.62. The molecule has 0 unspecified atom stereocenters. The predicted octanol–water partition coefficient (Wildman–Crippen LogP) is 2.92. The molecule has 0 fully saturated rings. The number of aryl methyl sites for hydroxylation is 2. The number of imidazole rings is 1. The number of hydrogen-bond acceptors (Lipinski definition) is 2. The fourth-order valence-corrected chi connectivity index (χ4v) is 2.51. The summed E-state index contributed by atoms with van der Waals surface area (Å²) in [4.78, 5) is 16.6. The molecule has 0 saturated carbocycles. The summed E-state index contributed by atoms with van der Waals surface area (Å²) in [6.45, 7) is 4.61.